The summed E-state index contributed by atoms with van der Waals surface area (Å²) < 4.78 is 32.9. The van der Waals surface area contributed by atoms with E-state index >= 15 is 0 Å². The summed E-state index contributed by atoms with van der Waals surface area (Å²) in [5.41, 5.74) is 2.08. The van der Waals surface area contributed by atoms with Crippen LogP contribution in [-0.2, 0) is 21.4 Å². The minimum absolute atomic E-state index is 0.110. The van der Waals surface area contributed by atoms with Gasteiger partial charge in [0.15, 0.2) is 0 Å². The molecule has 7 heteroatoms. The molecule has 1 amide bonds. The van der Waals surface area contributed by atoms with Crippen LogP contribution in [0.4, 0.5) is 5.69 Å². The average molecular weight is 423 g/mol. The fourth-order valence-electron chi connectivity index (χ4n) is 2.71. The van der Waals surface area contributed by atoms with E-state index in [1.165, 1.54) is 25.3 Å². The summed E-state index contributed by atoms with van der Waals surface area (Å²) in [6.07, 6.45) is 3.05. The number of rotatable bonds is 8. The van der Waals surface area contributed by atoms with Gasteiger partial charge < -0.3 is 10.1 Å². The average Bonchev–Trinajstić information content (AvgIpc) is 2.77. The van der Waals surface area contributed by atoms with Crippen molar-refractivity contribution in [1.29, 1.82) is 0 Å². The molecule has 0 unspecified atom stereocenters. The third-order valence-electron chi connectivity index (χ3n) is 4.28. The van der Waals surface area contributed by atoms with Gasteiger partial charge in [-0.2, -0.15) is 0 Å². The summed E-state index contributed by atoms with van der Waals surface area (Å²) in [5.74, 6) is 0.204. The first-order valence-corrected chi connectivity index (χ1v) is 10.7. The van der Waals surface area contributed by atoms with Crippen molar-refractivity contribution >= 4 is 27.7 Å². The molecular formula is C23H22N2O4S. The van der Waals surface area contributed by atoms with Crippen LogP contribution >= 0.6 is 0 Å². The number of hydrogen-bond donors (Lipinski definition) is 2. The van der Waals surface area contributed by atoms with E-state index < -0.39 is 10.0 Å². The number of hydrogen-bond acceptors (Lipinski definition) is 4. The molecule has 154 valence electrons. The molecule has 0 radical (unpaired) electrons. The number of methoxy groups -OCH3 is 1. The quantitative estimate of drug-likeness (QED) is 0.541. The predicted molar refractivity (Wildman–Crippen MR) is 118 cm³/mol. The van der Waals surface area contributed by atoms with E-state index in [0.717, 1.165) is 5.56 Å². The van der Waals surface area contributed by atoms with E-state index in [1.807, 2.05) is 30.3 Å². The van der Waals surface area contributed by atoms with Crippen molar-refractivity contribution in [3.05, 3.63) is 96.1 Å². The normalized spacial score (nSPS) is 11.2. The van der Waals surface area contributed by atoms with Gasteiger partial charge in [0.2, 0.25) is 5.91 Å². The standard InChI is InChI=1S/C23H22N2O4S/c1-29-22-10-6-5-9-21(22)25-30(27,28)20-14-11-18(12-15-20)13-16-23(26)24-17-19-7-3-2-4-8-19/h2-16,25H,17H2,1H3,(H,24,26)/b16-13+. The van der Waals surface area contributed by atoms with E-state index in [-0.39, 0.29) is 10.8 Å². The van der Waals surface area contributed by atoms with Crippen molar-refractivity contribution in [2.75, 3.05) is 11.8 Å². The number of anilines is 1. The van der Waals surface area contributed by atoms with Crippen molar-refractivity contribution < 1.29 is 17.9 Å². The number of sulfonamides is 1. The second-order valence-electron chi connectivity index (χ2n) is 6.41. The molecule has 3 rings (SSSR count). The first-order chi connectivity index (χ1) is 14.5. The van der Waals surface area contributed by atoms with Gasteiger partial charge in [0.05, 0.1) is 17.7 Å². The highest BCUT2D eigenvalue weighted by molar-refractivity contribution is 7.92. The van der Waals surface area contributed by atoms with Crippen LogP contribution in [0.2, 0.25) is 0 Å². The highest BCUT2D eigenvalue weighted by atomic mass is 32.2. The van der Waals surface area contributed by atoms with Gasteiger partial charge >= 0.3 is 0 Å². The molecule has 3 aromatic carbocycles. The smallest absolute Gasteiger partial charge is 0.262 e. The maximum Gasteiger partial charge on any atom is 0.262 e. The van der Waals surface area contributed by atoms with Gasteiger partial charge in [-0.3, -0.25) is 9.52 Å². The Morgan fingerprint density at radius 1 is 0.933 bits per heavy atom. The molecule has 3 aromatic rings. The Kier molecular flexibility index (Phi) is 6.87. The zero-order chi connectivity index (χ0) is 21.4. The van der Waals surface area contributed by atoms with Crippen LogP contribution in [0.15, 0.2) is 89.8 Å². The van der Waals surface area contributed by atoms with Crippen molar-refractivity contribution in [1.82, 2.24) is 5.32 Å². The van der Waals surface area contributed by atoms with E-state index in [2.05, 4.69) is 10.0 Å². The van der Waals surface area contributed by atoms with Crippen LogP contribution in [0, 0.1) is 0 Å². The lowest BCUT2D eigenvalue weighted by molar-refractivity contribution is -0.116. The van der Waals surface area contributed by atoms with Crippen LogP contribution in [0.1, 0.15) is 11.1 Å². The summed E-state index contributed by atoms with van der Waals surface area (Å²) in [5, 5.41) is 2.80. The minimum Gasteiger partial charge on any atom is -0.495 e. The summed E-state index contributed by atoms with van der Waals surface area (Å²) in [6.45, 7) is 0.440. The fourth-order valence-corrected chi connectivity index (χ4v) is 3.78. The van der Waals surface area contributed by atoms with Gasteiger partial charge in [0.1, 0.15) is 5.75 Å². The number of benzene rings is 3. The van der Waals surface area contributed by atoms with Gasteiger partial charge in [-0.15, -0.1) is 0 Å². The largest absolute Gasteiger partial charge is 0.495 e. The molecule has 0 bridgehead atoms. The summed E-state index contributed by atoms with van der Waals surface area (Å²) in [4.78, 5) is 12.1. The Labute approximate surface area is 176 Å². The first kappa shape index (κ1) is 21.1. The van der Waals surface area contributed by atoms with Crippen molar-refractivity contribution in [2.24, 2.45) is 0 Å². The van der Waals surface area contributed by atoms with Gasteiger partial charge in [0.25, 0.3) is 10.0 Å². The Balaban J connectivity index is 1.62. The van der Waals surface area contributed by atoms with Crippen LogP contribution in [0.3, 0.4) is 0 Å². The van der Waals surface area contributed by atoms with Crippen molar-refractivity contribution in [2.45, 2.75) is 11.4 Å². The number of carbonyl (C=O) groups is 1. The number of ether oxygens (including phenoxy) is 1. The molecule has 30 heavy (non-hydrogen) atoms. The highest BCUT2D eigenvalue weighted by Gasteiger charge is 2.16. The van der Waals surface area contributed by atoms with Gasteiger partial charge in [0, 0.05) is 12.6 Å². The predicted octanol–water partition coefficient (Wildman–Crippen LogP) is 3.83. The summed E-state index contributed by atoms with van der Waals surface area (Å²) >= 11 is 0. The van der Waals surface area contributed by atoms with Gasteiger partial charge in [-0.05, 0) is 41.5 Å². The van der Waals surface area contributed by atoms with E-state index in [4.69, 9.17) is 4.74 Å². The molecule has 6 nitrogen and oxygen atoms in total. The van der Waals surface area contributed by atoms with Crippen LogP contribution < -0.4 is 14.8 Å². The molecule has 2 N–H and O–H groups in total. The number of para-hydroxylation sites is 2. The topological polar surface area (TPSA) is 84.5 Å². The maximum atomic E-state index is 12.6. The first-order valence-electron chi connectivity index (χ1n) is 9.24. The molecule has 0 spiro atoms. The number of amides is 1. The molecule has 0 saturated carbocycles. The molecule has 0 aliphatic heterocycles. The Hall–Kier alpha value is -3.58. The van der Waals surface area contributed by atoms with Crippen LogP contribution in [-0.4, -0.2) is 21.4 Å². The SMILES string of the molecule is COc1ccccc1NS(=O)(=O)c1ccc(/C=C/C(=O)NCc2ccccc2)cc1. The Morgan fingerprint density at radius 2 is 1.60 bits per heavy atom. The lowest BCUT2D eigenvalue weighted by atomic mass is 10.2. The molecule has 0 aromatic heterocycles. The molecule has 0 fully saturated rings. The van der Waals surface area contributed by atoms with E-state index in [9.17, 15) is 13.2 Å². The maximum absolute atomic E-state index is 12.6. The lowest BCUT2D eigenvalue weighted by Gasteiger charge is -2.11. The molecule has 0 atom stereocenters. The van der Waals surface area contributed by atoms with Crippen LogP contribution in [0.25, 0.3) is 6.08 Å². The zero-order valence-corrected chi connectivity index (χ0v) is 17.2. The molecular weight excluding hydrogens is 400 g/mol. The lowest BCUT2D eigenvalue weighted by Crippen LogP contribution is -2.20. The summed E-state index contributed by atoms with van der Waals surface area (Å²) in [7, 11) is -2.29. The number of carbonyl (C=O) groups excluding carboxylic acids is 1. The van der Waals surface area contributed by atoms with Crippen molar-refractivity contribution in [3.8, 4) is 5.75 Å². The monoisotopic (exact) mass is 422 g/mol. The van der Waals surface area contributed by atoms with Crippen LogP contribution in [0.5, 0.6) is 5.75 Å². The molecule has 0 saturated heterocycles. The van der Waals surface area contributed by atoms with Gasteiger partial charge in [-0.25, -0.2) is 8.42 Å². The second-order valence-corrected chi connectivity index (χ2v) is 8.09. The van der Waals surface area contributed by atoms with E-state index in [1.54, 1.807) is 42.5 Å². The summed E-state index contributed by atoms with van der Waals surface area (Å²) in [6, 6.07) is 22.6. The Bertz CT molecular complexity index is 1130. The third kappa shape index (κ3) is 5.71. The second kappa shape index (κ2) is 9.76. The van der Waals surface area contributed by atoms with E-state index in [0.29, 0.717) is 23.5 Å². The number of nitrogens with one attached hydrogen (secondary N) is 2. The minimum atomic E-state index is -3.77. The highest BCUT2D eigenvalue weighted by Crippen LogP contribution is 2.26. The van der Waals surface area contributed by atoms with Crippen molar-refractivity contribution in [3.63, 3.8) is 0 Å². The Morgan fingerprint density at radius 3 is 2.30 bits per heavy atom. The molecule has 0 aliphatic rings. The molecule has 0 aliphatic carbocycles. The molecule has 0 heterocycles. The van der Waals surface area contributed by atoms with Gasteiger partial charge in [-0.1, -0.05) is 54.6 Å². The third-order valence-corrected chi connectivity index (χ3v) is 5.66. The zero-order valence-electron chi connectivity index (χ0n) is 16.4. The fraction of sp³-hybridized carbons (Fsp3) is 0.0870.